The van der Waals surface area contributed by atoms with Crippen molar-refractivity contribution in [3.05, 3.63) is 48.0 Å². The summed E-state index contributed by atoms with van der Waals surface area (Å²) < 4.78 is 1.39. The molecule has 0 aliphatic carbocycles. The Kier molecular flexibility index (Phi) is 3.51. The second-order valence-corrected chi connectivity index (χ2v) is 4.51. The molecule has 3 aromatic rings. The first kappa shape index (κ1) is 12.5. The van der Waals surface area contributed by atoms with Gasteiger partial charge in [-0.3, -0.25) is 0 Å². The van der Waals surface area contributed by atoms with Crippen LogP contribution in [-0.4, -0.2) is 37.8 Å². The van der Waals surface area contributed by atoms with Crippen LogP contribution in [0.25, 0.3) is 5.65 Å². The Morgan fingerprint density at radius 3 is 2.80 bits per heavy atom. The van der Waals surface area contributed by atoms with Crippen LogP contribution in [-0.2, 0) is 6.42 Å². The number of benzene rings is 1. The topological polar surface area (TPSA) is 94.0 Å². The lowest BCUT2D eigenvalue weighted by Gasteiger charge is -2.17. The van der Waals surface area contributed by atoms with Crippen molar-refractivity contribution in [3.8, 4) is 0 Å². The van der Waals surface area contributed by atoms with E-state index in [4.69, 9.17) is 5.73 Å². The van der Waals surface area contributed by atoms with Gasteiger partial charge in [-0.2, -0.15) is 0 Å². The lowest BCUT2D eigenvalue weighted by Crippen LogP contribution is -2.31. The van der Waals surface area contributed by atoms with Gasteiger partial charge in [0.25, 0.3) is 0 Å². The third-order valence-corrected chi connectivity index (χ3v) is 3.03. The first-order chi connectivity index (χ1) is 9.85. The Bertz CT molecular complexity index is 679. The maximum Gasteiger partial charge on any atom is 0.200 e. The molecule has 0 saturated heterocycles. The van der Waals surface area contributed by atoms with Gasteiger partial charge in [0.1, 0.15) is 5.82 Å². The monoisotopic (exact) mass is 269 g/mol. The summed E-state index contributed by atoms with van der Waals surface area (Å²) in [6.07, 6.45) is 0.840. The van der Waals surface area contributed by atoms with Gasteiger partial charge in [0.2, 0.25) is 0 Å². The zero-order valence-corrected chi connectivity index (χ0v) is 10.8. The van der Waals surface area contributed by atoms with Gasteiger partial charge in [-0.05, 0) is 34.5 Å². The van der Waals surface area contributed by atoms with Gasteiger partial charge < -0.3 is 11.1 Å². The maximum atomic E-state index is 5.82. The fraction of sp³-hybridized carbons (Fsp3) is 0.231. The van der Waals surface area contributed by atoms with Gasteiger partial charge in [-0.1, -0.05) is 30.3 Å². The molecule has 7 heteroatoms. The highest BCUT2D eigenvalue weighted by Crippen LogP contribution is 2.09. The summed E-state index contributed by atoms with van der Waals surface area (Å²) in [5.41, 5.74) is 7.67. The highest BCUT2D eigenvalue weighted by atomic mass is 15.6. The average Bonchev–Trinajstić information content (AvgIpc) is 2.95. The van der Waals surface area contributed by atoms with Crippen molar-refractivity contribution in [1.29, 1.82) is 0 Å². The van der Waals surface area contributed by atoms with E-state index in [1.807, 2.05) is 30.3 Å². The Morgan fingerprint density at radius 1 is 1.15 bits per heavy atom. The molecule has 0 spiro atoms. The van der Waals surface area contributed by atoms with Gasteiger partial charge in [0.05, 0.1) is 0 Å². The number of nitrogens with two attached hydrogens (primary N) is 1. The van der Waals surface area contributed by atoms with E-state index in [9.17, 15) is 0 Å². The average molecular weight is 269 g/mol. The van der Waals surface area contributed by atoms with E-state index in [0.717, 1.165) is 6.42 Å². The third-order valence-electron chi connectivity index (χ3n) is 3.03. The van der Waals surface area contributed by atoms with Crippen molar-refractivity contribution in [2.75, 3.05) is 11.9 Å². The molecule has 102 valence electrons. The summed E-state index contributed by atoms with van der Waals surface area (Å²) >= 11 is 0. The summed E-state index contributed by atoms with van der Waals surface area (Å²) in [6, 6.07) is 14.0. The van der Waals surface area contributed by atoms with Crippen LogP contribution in [0, 0.1) is 0 Å². The molecule has 3 N–H and O–H groups in total. The summed E-state index contributed by atoms with van der Waals surface area (Å²) in [5, 5.41) is 18.7. The van der Waals surface area contributed by atoms with E-state index >= 15 is 0 Å². The fourth-order valence-electron chi connectivity index (χ4n) is 2.03. The van der Waals surface area contributed by atoms with Crippen LogP contribution < -0.4 is 11.1 Å². The normalized spacial score (nSPS) is 12.4. The minimum absolute atomic E-state index is 0.110. The largest absolute Gasteiger partial charge is 0.364 e. The van der Waals surface area contributed by atoms with E-state index in [1.54, 1.807) is 0 Å². The number of aromatic nitrogens is 5. The van der Waals surface area contributed by atoms with Crippen LogP contribution in [0.3, 0.4) is 0 Å². The van der Waals surface area contributed by atoms with Crippen LogP contribution in [0.4, 0.5) is 5.82 Å². The van der Waals surface area contributed by atoms with E-state index in [-0.39, 0.29) is 6.04 Å². The molecule has 1 atom stereocenters. The molecule has 7 nitrogen and oxygen atoms in total. The Labute approximate surface area is 115 Å². The number of hydrogen-bond donors (Lipinski definition) is 2. The predicted octanol–water partition coefficient (Wildman–Crippen LogP) is 0.501. The van der Waals surface area contributed by atoms with E-state index in [0.29, 0.717) is 18.0 Å². The summed E-state index contributed by atoms with van der Waals surface area (Å²) in [4.78, 5) is 0. The Morgan fingerprint density at radius 2 is 2.00 bits per heavy atom. The van der Waals surface area contributed by atoms with Gasteiger partial charge in [0.15, 0.2) is 5.65 Å². The lowest BCUT2D eigenvalue weighted by atomic mass is 10.1. The van der Waals surface area contributed by atoms with Crippen LogP contribution in [0.1, 0.15) is 5.56 Å². The van der Waals surface area contributed by atoms with Gasteiger partial charge in [-0.25, -0.2) is 0 Å². The van der Waals surface area contributed by atoms with Crippen molar-refractivity contribution in [2.45, 2.75) is 12.5 Å². The Balaban J connectivity index is 1.73. The van der Waals surface area contributed by atoms with Crippen LogP contribution in [0.2, 0.25) is 0 Å². The number of rotatable bonds is 5. The molecule has 1 aromatic carbocycles. The maximum absolute atomic E-state index is 5.82. The summed E-state index contributed by atoms with van der Waals surface area (Å²) in [5.74, 6) is 0.705. The molecular weight excluding hydrogens is 254 g/mol. The van der Waals surface area contributed by atoms with E-state index in [1.165, 1.54) is 10.2 Å². The number of nitrogens with one attached hydrogen (secondary N) is 1. The molecule has 0 bridgehead atoms. The molecule has 20 heavy (non-hydrogen) atoms. The van der Waals surface area contributed by atoms with Crippen LogP contribution in [0.15, 0.2) is 42.5 Å². The molecule has 0 aliphatic rings. The van der Waals surface area contributed by atoms with Gasteiger partial charge in [-0.15, -0.1) is 14.8 Å². The molecule has 3 rings (SSSR count). The van der Waals surface area contributed by atoms with Crippen molar-refractivity contribution in [2.24, 2.45) is 5.73 Å². The van der Waals surface area contributed by atoms with Crippen molar-refractivity contribution in [3.63, 3.8) is 0 Å². The van der Waals surface area contributed by atoms with Crippen molar-refractivity contribution < 1.29 is 0 Å². The number of tetrazole rings is 1. The second-order valence-electron chi connectivity index (χ2n) is 4.51. The molecule has 0 aliphatic heterocycles. The molecule has 0 saturated carbocycles. The highest BCUT2D eigenvalue weighted by Gasteiger charge is 2.09. The minimum atomic E-state index is 0.110. The zero-order valence-electron chi connectivity index (χ0n) is 10.8. The predicted molar refractivity (Wildman–Crippen MR) is 75.2 cm³/mol. The van der Waals surface area contributed by atoms with Crippen molar-refractivity contribution >= 4 is 11.5 Å². The number of hydrogen-bond acceptors (Lipinski definition) is 6. The third kappa shape index (κ3) is 2.72. The number of nitrogens with zero attached hydrogens (tertiary/aromatic N) is 5. The summed E-state index contributed by atoms with van der Waals surface area (Å²) in [7, 11) is 0. The van der Waals surface area contributed by atoms with Crippen LogP contribution >= 0.6 is 0 Å². The molecule has 0 fully saturated rings. The van der Waals surface area contributed by atoms with E-state index < -0.39 is 0 Å². The summed E-state index contributed by atoms with van der Waals surface area (Å²) in [6.45, 7) is 0.518. The second kappa shape index (κ2) is 5.62. The van der Waals surface area contributed by atoms with Gasteiger partial charge in [0, 0.05) is 12.6 Å². The van der Waals surface area contributed by atoms with Crippen molar-refractivity contribution in [1.82, 2.24) is 25.3 Å². The number of anilines is 1. The molecule has 2 heterocycles. The smallest absolute Gasteiger partial charge is 0.200 e. The zero-order chi connectivity index (χ0) is 13.8. The standard InChI is InChI=1S/C13H15N7/c14-9-11(8-10-4-2-1-3-5-10)15-12-6-7-13-16-18-19-20(13)17-12/h1-7,11H,8-9,14H2,(H,15,17). The minimum Gasteiger partial charge on any atom is -0.364 e. The lowest BCUT2D eigenvalue weighted by molar-refractivity contribution is 0.696. The van der Waals surface area contributed by atoms with E-state index in [2.05, 4.69) is 38.1 Å². The Hall–Kier alpha value is -2.54. The molecular formula is C13H15N7. The number of fused-ring (bicyclic) bond motifs is 1. The molecule has 2 aromatic heterocycles. The van der Waals surface area contributed by atoms with Crippen LogP contribution in [0.5, 0.6) is 0 Å². The fourth-order valence-corrected chi connectivity index (χ4v) is 2.03. The van der Waals surface area contributed by atoms with Gasteiger partial charge >= 0.3 is 0 Å². The molecule has 0 radical (unpaired) electrons. The quantitative estimate of drug-likeness (QED) is 0.700. The first-order valence-electron chi connectivity index (χ1n) is 6.41. The molecule has 1 unspecified atom stereocenters. The highest BCUT2D eigenvalue weighted by molar-refractivity contribution is 5.43. The first-order valence-corrected chi connectivity index (χ1v) is 6.41. The SMILES string of the molecule is NCC(Cc1ccccc1)Nc1ccc2nnnn2n1. The molecule has 0 amide bonds.